The van der Waals surface area contributed by atoms with E-state index in [1.165, 1.54) is 28.0 Å². The topological polar surface area (TPSA) is 107 Å². The third kappa shape index (κ3) is 4.65. The molecule has 4 rings (SSSR count). The van der Waals surface area contributed by atoms with Gasteiger partial charge in [0, 0.05) is 37.6 Å². The number of allylic oxidation sites excluding steroid dienone is 1. The molecule has 10 heteroatoms. The van der Waals surface area contributed by atoms with Crippen molar-refractivity contribution in [1.82, 2.24) is 4.57 Å². The summed E-state index contributed by atoms with van der Waals surface area (Å²) in [4.78, 5) is 43.9. The van der Waals surface area contributed by atoms with E-state index in [0.29, 0.717) is 20.6 Å². The molecule has 0 bridgehead atoms. The molecule has 0 spiro atoms. The standard InChI is InChI=1S/C25H24N4O5S/c1-5-34-24(31)21-15(2)28-23(30)20(14-16-6-10-18(11-7-16)27(3)4)35-25(28)26-22(21)17-8-12-19(13-9-17)29(32)33/h6-14,22H,5H2,1-4H3/b20-14-/t22-/m1/s1. The lowest BCUT2D eigenvalue weighted by atomic mass is 9.96. The summed E-state index contributed by atoms with van der Waals surface area (Å²) in [6.45, 7) is 3.55. The highest BCUT2D eigenvalue weighted by Gasteiger charge is 2.31. The fourth-order valence-corrected chi connectivity index (χ4v) is 4.90. The summed E-state index contributed by atoms with van der Waals surface area (Å²) in [5, 5.41) is 11.1. The molecule has 3 aromatic rings. The van der Waals surface area contributed by atoms with Gasteiger partial charge in [0.1, 0.15) is 6.04 Å². The molecule has 180 valence electrons. The van der Waals surface area contributed by atoms with E-state index in [-0.39, 0.29) is 23.4 Å². The first kappa shape index (κ1) is 24.1. The van der Waals surface area contributed by atoms with Crippen molar-refractivity contribution in [2.45, 2.75) is 19.9 Å². The third-order valence-corrected chi connectivity index (χ3v) is 6.65. The van der Waals surface area contributed by atoms with E-state index in [0.717, 1.165) is 11.3 Å². The first-order chi connectivity index (χ1) is 16.7. The molecule has 2 heterocycles. The van der Waals surface area contributed by atoms with Crippen LogP contribution in [0.2, 0.25) is 0 Å². The van der Waals surface area contributed by atoms with E-state index < -0.39 is 16.9 Å². The molecule has 1 atom stereocenters. The van der Waals surface area contributed by atoms with E-state index in [2.05, 4.69) is 0 Å². The Balaban J connectivity index is 1.87. The minimum atomic E-state index is -0.750. The van der Waals surface area contributed by atoms with Crippen molar-refractivity contribution in [2.75, 3.05) is 25.6 Å². The van der Waals surface area contributed by atoms with Gasteiger partial charge in [0.05, 0.1) is 21.6 Å². The number of ether oxygens (including phenoxy) is 1. The van der Waals surface area contributed by atoms with Gasteiger partial charge >= 0.3 is 5.97 Å². The van der Waals surface area contributed by atoms with Crippen LogP contribution in [0.5, 0.6) is 0 Å². The van der Waals surface area contributed by atoms with Gasteiger partial charge in [-0.1, -0.05) is 23.5 Å². The molecule has 2 aromatic carbocycles. The minimum absolute atomic E-state index is 0.0619. The van der Waals surface area contributed by atoms with Gasteiger partial charge in [-0.25, -0.2) is 9.79 Å². The number of fused-ring (bicyclic) bond motifs is 1. The SMILES string of the molecule is CCOC(=O)C1=C(C)n2c(s/c(=C\c3ccc(N(C)C)cc3)c2=O)=N[C@@H]1c1ccc([N+](=O)[O-])cc1. The van der Waals surface area contributed by atoms with E-state index in [4.69, 9.17) is 9.73 Å². The van der Waals surface area contributed by atoms with Gasteiger partial charge in [-0.2, -0.15) is 0 Å². The summed E-state index contributed by atoms with van der Waals surface area (Å²) in [6, 6.07) is 12.9. The highest BCUT2D eigenvalue weighted by molar-refractivity contribution is 7.07. The average Bonchev–Trinajstić information content (AvgIpc) is 3.14. The quantitative estimate of drug-likeness (QED) is 0.298. The summed E-state index contributed by atoms with van der Waals surface area (Å²) < 4.78 is 7.17. The van der Waals surface area contributed by atoms with Gasteiger partial charge in [-0.05, 0) is 55.3 Å². The second kappa shape index (κ2) is 9.67. The zero-order valence-electron chi connectivity index (χ0n) is 19.7. The molecule has 1 aliphatic rings. The molecule has 0 radical (unpaired) electrons. The summed E-state index contributed by atoms with van der Waals surface area (Å²) in [5.74, 6) is -0.578. The van der Waals surface area contributed by atoms with Crippen LogP contribution in [-0.2, 0) is 9.53 Å². The molecule has 0 fully saturated rings. The molecule has 1 aromatic heterocycles. The number of carbonyl (C=O) groups is 1. The zero-order chi connectivity index (χ0) is 25.3. The number of non-ortho nitro benzene ring substituents is 1. The number of rotatable bonds is 6. The number of aromatic nitrogens is 1. The largest absolute Gasteiger partial charge is 0.463 e. The molecular formula is C25H24N4O5S. The van der Waals surface area contributed by atoms with Crippen molar-refractivity contribution in [3.8, 4) is 0 Å². The van der Waals surface area contributed by atoms with Crippen molar-refractivity contribution >= 4 is 40.5 Å². The van der Waals surface area contributed by atoms with E-state index in [1.54, 1.807) is 32.1 Å². The van der Waals surface area contributed by atoms with Crippen LogP contribution in [0.1, 0.15) is 31.0 Å². The Kier molecular flexibility index (Phi) is 6.65. The Morgan fingerprint density at radius 1 is 1.20 bits per heavy atom. The molecular weight excluding hydrogens is 468 g/mol. The zero-order valence-corrected chi connectivity index (χ0v) is 20.5. The van der Waals surface area contributed by atoms with Gasteiger partial charge in [0.2, 0.25) is 0 Å². The lowest BCUT2D eigenvalue weighted by molar-refractivity contribution is -0.384. The Morgan fingerprint density at radius 2 is 1.86 bits per heavy atom. The van der Waals surface area contributed by atoms with Crippen molar-refractivity contribution in [2.24, 2.45) is 4.99 Å². The third-order valence-electron chi connectivity index (χ3n) is 5.67. The summed E-state index contributed by atoms with van der Waals surface area (Å²) in [6.07, 6.45) is 1.80. The predicted octanol–water partition coefficient (Wildman–Crippen LogP) is 2.88. The normalized spacial score (nSPS) is 15.4. The van der Waals surface area contributed by atoms with E-state index >= 15 is 0 Å². The van der Waals surface area contributed by atoms with Crippen molar-refractivity contribution in [3.63, 3.8) is 0 Å². The molecule has 1 aliphatic heterocycles. The Hall–Kier alpha value is -4.05. The van der Waals surface area contributed by atoms with Crippen LogP contribution >= 0.6 is 11.3 Å². The monoisotopic (exact) mass is 492 g/mol. The molecule has 0 saturated heterocycles. The first-order valence-corrected chi connectivity index (χ1v) is 11.7. The second-order valence-corrected chi connectivity index (χ2v) is 9.13. The summed E-state index contributed by atoms with van der Waals surface area (Å²) >= 11 is 1.23. The van der Waals surface area contributed by atoms with Crippen LogP contribution in [0, 0.1) is 10.1 Å². The van der Waals surface area contributed by atoms with Gasteiger partial charge in [-0.15, -0.1) is 0 Å². The number of thiazole rings is 1. The second-order valence-electron chi connectivity index (χ2n) is 8.12. The van der Waals surface area contributed by atoms with Crippen LogP contribution < -0.4 is 19.8 Å². The maximum absolute atomic E-state index is 13.3. The Bertz CT molecular complexity index is 1500. The van der Waals surface area contributed by atoms with Gasteiger partial charge in [0.25, 0.3) is 11.2 Å². The molecule has 9 nitrogen and oxygen atoms in total. The molecule has 0 saturated carbocycles. The van der Waals surface area contributed by atoms with Crippen LogP contribution in [0.3, 0.4) is 0 Å². The summed E-state index contributed by atoms with van der Waals surface area (Å²) in [5.41, 5.74) is 2.83. The number of hydrogen-bond acceptors (Lipinski definition) is 8. The predicted molar refractivity (Wildman–Crippen MR) is 135 cm³/mol. The van der Waals surface area contributed by atoms with Crippen LogP contribution in [0.25, 0.3) is 11.8 Å². The first-order valence-electron chi connectivity index (χ1n) is 10.9. The molecule has 0 aliphatic carbocycles. The van der Waals surface area contributed by atoms with Crippen LogP contribution in [0.4, 0.5) is 11.4 Å². The van der Waals surface area contributed by atoms with Crippen molar-refractivity contribution in [3.05, 3.63) is 95.0 Å². The maximum Gasteiger partial charge on any atom is 0.338 e. The van der Waals surface area contributed by atoms with E-state index in [9.17, 15) is 19.7 Å². The minimum Gasteiger partial charge on any atom is -0.463 e. The van der Waals surface area contributed by atoms with Gasteiger partial charge in [-0.3, -0.25) is 19.5 Å². The number of benzene rings is 2. The fraction of sp³-hybridized carbons (Fsp3) is 0.240. The molecule has 0 unspecified atom stereocenters. The fourth-order valence-electron chi connectivity index (χ4n) is 3.86. The van der Waals surface area contributed by atoms with Crippen LogP contribution in [-0.4, -0.2) is 36.2 Å². The highest BCUT2D eigenvalue weighted by Crippen LogP contribution is 2.33. The number of anilines is 1. The summed E-state index contributed by atoms with van der Waals surface area (Å²) in [7, 11) is 3.91. The Morgan fingerprint density at radius 3 is 2.43 bits per heavy atom. The number of nitrogens with zero attached hydrogens (tertiary/aromatic N) is 4. The van der Waals surface area contributed by atoms with Crippen molar-refractivity contribution < 1.29 is 14.5 Å². The number of nitro groups is 1. The van der Waals surface area contributed by atoms with Crippen LogP contribution in [0.15, 0.2) is 63.9 Å². The van der Waals surface area contributed by atoms with E-state index in [1.807, 2.05) is 43.3 Å². The maximum atomic E-state index is 13.3. The Labute approximate surface area is 205 Å². The lowest BCUT2D eigenvalue weighted by Gasteiger charge is -2.22. The molecule has 0 amide bonds. The number of hydrogen-bond donors (Lipinski definition) is 0. The lowest BCUT2D eigenvalue weighted by Crippen LogP contribution is -2.35. The highest BCUT2D eigenvalue weighted by atomic mass is 32.1. The van der Waals surface area contributed by atoms with Crippen molar-refractivity contribution in [1.29, 1.82) is 0 Å². The smallest absolute Gasteiger partial charge is 0.338 e. The molecule has 35 heavy (non-hydrogen) atoms. The van der Waals surface area contributed by atoms with Gasteiger partial charge < -0.3 is 9.64 Å². The van der Waals surface area contributed by atoms with Gasteiger partial charge in [0.15, 0.2) is 4.80 Å². The average molecular weight is 493 g/mol. The number of esters is 1. The number of nitro benzene ring substituents is 1. The molecule has 0 N–H and O–H groups in total. The number of carbonyl (C=O) groups excluding carboxylic acids is 1.